The number of aliphatic carboxylic acids is 1. The maximum absolute atomic E-state index is 9.63. The number of rotatable bonds is 1. The molecule has 0 atom stereocenters. The number of nitrogens with zero attached hydrogens (tertiary/aromatic N) is 1. The van der Waals surface area contributed by atoms with E-state index in [0.29, 0.717) is 12.3 Å². The molecule has 0 bridgehead atoms. The molecule has 0 saturated carbocycles. The Morgan fingerprint density at radius 1 is 2.00 bits per heavy atom. The molecule has 1 N–H and O–H groups in total. The van der Waals surface area contributed by atoms with Crippen molar-refractivity contribution in [2.45, 2.75) is 0 Å². The van der Waals surface area contributed by atoms with Crippen molar-refractivity contribution in [3.63, 3.8) is 0 Å². The van der Waals surface area contributed by atoms with Gasteiger partial charge in [0.15, 0.2) is 0 Å². The van der Waals surface area contributed by atoms with Gasteiger partial charge in [-0.3, -0.25) is 4.99 Å². The summed E-state index contributed by atoms with van der Waals surface area (Å²) in [5, 5.41) is 7.92. The first-order valence-electron chi connectivity index (χ1n) is 1.57. The molecule has 3 heteroatoms. The average Bonchev–Trinajstić information content (AvgIpc) is 2.06. The van der Waals surface area contributed by atoms with E-state index in [0.717, 1.165) is 0 Å². The summed E-state index contributed by atoms with van der Waals surface area (Å²) in [4.78, 5) is 13.0. The van der Waals surface area contributed by atoms with Crippen LogP contribution in [0.15, 0.2) is 4.99 Å². The van der Waals surface area contributed by atoms with Crippen molar-refractivity contribution in [2.75, 3.05) is 6.54 Å². The van der Waals surface area contributed by atoms with Gasteiger partial charge in [0.1, 0.15) is 5.71 Å². The van der Waals surface area contributed by atoms with Crippen molar-refractivity contribution in [1.82, 2.24) is 0 Å². The standard InChI is InChI=1S/C3H3NO2/c5-3(6)2-1-4-2/h1H2,(H,5,6). The second kappa shape index (κ2) is 0.801. The van der Waals surface area contributed by atoms with Crippen LogP contribution in [0, 0.1) is 0 Å². The van der Waals surface area contributed by atoms with Crippen molar-refractivity contribution in [3.8, 4) is 0 Å². The summed E-state index contributed by atoms with van der Waals surface area (Å²) < 4.78 is 0. The fourth-order valence-electron chi connectivity index (χ4n) is 0.175. The molecule has 0 fully saturated rings. The third-order valence-electron chi connectivity index (χ3n) is 0.563. The van der Waals surface area contributed by atoms with Gasteiger partial charge in [-0.2, -0.15) is 0 Å². The maximum atomic E-state index is 9.63. The smallest absolute Gasteiger partial charge is 0.351 e. The highest BCUT2D eigenvalue weighted by Crippen LogP contribution is 1.93. The Morgan fingerprint density at radius 3 is 2.50 bits per heavy atom. The molecular formula is C3H3NO2. The lowest BCUT2D eigenvalue weighted by Crippen LogP contribution is -2.00. The van der Waals surface area contributed by atoms with Gasteiger partial charge < -0.3 is 5.11 Å². The number of hydrogen-bond donors (Lipinski definition) is 1. The second-order valence-corrected chi connectivity index (χ2v) is 1.07. The van der Waals surface area contributed by atoms with Gasteiger partial charge in [0.05, 0.1) is 6.54 Å². The Balaban J connectivity index is 2.52. The van der Waals surface area contributed by atoms with Crippen LogP contribution in [0.2, 0.25) is 0 Å². The first kappa shape index (κ1) is 3.33. The fraction of sp³-hybridized carbons (Fsp3) is 0.333. The largest absolute Gasteiger partial charge is 0.477 e. The first-order chi connectivity index (χ1) is 2.80. The average molecular weight is 85.1 g/mol. The Bertz CT molecular complexity index is 116. The minimum Gasteiger partial charge on any atom is -0.477 e. The van der Waals surface area contributed by atoms with E-state index in [2.05, 4.69) is 4.99 Å². The zero-order chi connectivity index (χ0) is 4.57. The summed E-state index contributed by atoms with van der Waals surface area (Å²) in [5.74, 6) is -0.880. The van der Waals surface area contributed by atoms with E-state index >= 15 is 0 Å². The molecule has 32 valence electrons. The Kier molecular flexibility index (Phi) is 0.445. The van der Waals surface area contributed by atoms with Crippen LogP contribution in [0.1, 0.15) is 0 Å². The van der Waals surface area contributed by atoms with Crippen molar-refractivity contribution in [3.05, 3.63) is 0 Å². The van der Waals surface area contributed by atoms with Crippen LogP contribution in [-0.4, -0.2) is 23.3 Å². The third kappa shape index (κ3) is 0.381. The molecule has 0 radical (unpaired) electrons. The van der Waals surface area contributed by atoms with Crippen LogP contribution in [0.5, 0.6) is 0 Å². The van der Waals surface area contributed by atoms with Crippen molar-refractivity contribution < 1.29 is 9.90 Å². The molecule has 0 unspecified atom stereocenters. The molecule has 3 nitrogen and oxygen atoms in total. The molecule has 1 aliphatic heterocycles. The SMILES string of the molecule is O=C(O)C1=NC1. The van der Waals surface area contributed by atoms with Crippen LogP contribution >= 0.6 is 0 Å². The zero-order valence-electron chi connectivity index (χ0n) is 3.01. The van der Waals surface area contributed by atoms with E-state index in [-0.39, 0.29) is 0 Å². The lowest BCUT2D eigenvalue weighted by Gasteiger charge is -1.66. The van der Waals surface area contributed by atoms with Crippen LogP contribution in [0.3, 0.4) is 0 Å². The van der Waals surface area contributed by atoms with Crippen LogP contribution < -0.4 is 0 Å². The third-order valence-corrected chi connectivity index (χ3v) is 0.563. The van der Waals surface area contributed by atoms with Gasteiger partial charge in [-0.05, 0) is 0 Å². The maximum Gasteiger partial charge on any atom is 0.351 e. The number of aliphatic imine (C=N–C) groups is 1. The highest BCUT2D eigenvalue weighted by molar-refractivity contribution is 6.41. The van der Waals surface area contributed by atoms with Crippen LogP contribution in [-0.2, 0) is 4.79 Å². The van der Waals surface area contributed by atoms with Crippen molar-refractivity contribution >= 4 is 11.7 Å². The molecule has 0 aliphatic carbocycles. The second-order valence-electron chi connectivity index (χ2n) is 1.07. The lowest BCUT2D eigenvalue weighted by atomic mass is 10.5. The molecular weight excluding hydrogens is 82.0 g/mol. The van der Waals surface area contributed by atoms with Crippen LogP contribution in [0.4, 0.5) is 0 Å². The topological polar surface area (TPSA) is 49.7 Å². The summed E-state index contributed by atoms with van der Waals surface area (Å²) in [6, 6.07) is 0. The molecule has 0 aromatic carbocycles. The molecule has 1 heterocycles. The molecule has 0 aromatic rings. The summed E-state index contributed by atoms with van der Waals surface area (Å²) in [6.07, 6.45) is 0. The van der Waals surface area contributed by atoms with Gasteiger partial charge in [0.25, 0.3) is 0 Å². The monoisotopic (exact) mass is 85.0 g/mol. The molecule has 0 saturated heterocycles. The molecule has 0 aromatic heterocycles. The van der Waals surface area contributed by atoms with E-state index in [1.54, 1.807) is 0 Å². The van der Waals surface area contributed by atoms with Gasteiger partial charge in [-0.1, -0.05) is 0 Å². The van der Waals surface area contributed by atoms with Crippen LogP contribution in [0.25, 0.3) is 0 Å². The van der Waals surface area contributed by atoms with Gasteiger partial charge in [-0.25, -0.2) is 4.79 Å². The summed E-state index contributed by atoms with van der Waals surface area (Å²) in [7, 11) is 0. The Morgan fingerprint density at radius 2 is 2.50 bits per heavy atom. The molecule has 6 heavy (non-hydrogen) atoms. The predicted molar refractivity (Wildman–Crippen MR) is 19.9 cm³/mol. The fourth-order valence-corrected chi connectivity index (χ4v) is 0.175. The highest BCUT2D eigenvalue weighted by atomic mass is 16.4. The molecule has 1 aliphatic rings. The number of carboxylic acid groups (broad SMARTS) is 1. The number of carbonyl (C=O) groups is 1. The van der Waals surface area contributed by atoms with Crippen molar-refractivity contribution in [2.24, 2.45) is 4.99 Å². The van der Waals surface area contributed by atoms with Gasteiger partial charge in [0.2, 0.25) is 0 Å². The zero-order valence-corrected chi connectivity index (χ0v) is 3.01. The minimum atomic E-state index is -0.880. The normalized spacial score (nSPS) is 16.3. The Hall–Kier alpha value is -0.860. The van der Waals surface area contributed by atoms with E-state index in [1.165, 1.54) is 0 Å². The van der Waals surface area contributed by atoms with E-state index in [9.17, 15) is 4.79 Å². The van der Waals surface area contributed by atoms with E-state index in [4.69, 9.17) is 5.11 Å². The minimum absolute atomic E-state index is 0.301. The van der Waals surface area contributed by atoms with Crippen molar-refractivity contribution in [1.29, 1.82) is 0 Å². The Labute approximate surface area is 34.3 Å². The molecule has 0 amide bonds. The number of hydrogen-bond acceptors (Lipinski definition) is 2. The first-order valence-corrected chi connectivity index (χ1v) is 1.57. The predicted octanol–water partition coefficient (Wildman–Crippen LogP) is -0.474. The van der Waals surface area contributed by atoms with E-state index in [1.807, 2.05) is 0 Å². The quantitative estimate of drug-likeness (QED) is 0.467. The summed E-state index contributed by atoms with van der Waals surface area (Å²) in [6.45, 7) is 0.440. The highest BCUT2D eigenvalue weighted by Gasteiger charge is 2.16. The molecule has 1 rings (SSSR count). The lowest BCUT2D eigenvalue weighted by molar-refractivity contribution is -0.129. The summed E-state index contributed by atoms with van der Waals surface area (Å²) >= 11 is 0. The summed E-state index contributed by atoms with van der Waals surface area (Å²) in [5.41, 5.74) is 0.301. The number of carboxylic acids is 1. The molecule has 0 spiro atoms. The van der Waals surface area contributed by atoms with E-state index < -0.39 is 5.97 Å². The van der Waals surface area contributed by atoms with Gasteiger partial charge in [0, 0.05) is 0 Å². The van der Waals surface area contributed by atoms with Gasteiger partial charge in [-0.15, -0.1) is 0 Å². The van der Waals surface area contributed by atoms with Gasteiger partial charge >= 0.3 is 5.97 Å².